The van der Waals surface area contributed by atoms with Crippen molar-refractivity contribution < 1.29 is 13.9 Å². The fraction of sp³-hybridized carbons (Fsp3) is 0.235. The van der Waals surface area contributed by atoms with E-state index in [1.807, 2.05) is 0 Å². The lowest BCUT2D eigenvalue weighted by Gasteiger charge is -2.11. The minimum Gasteiger partial charge on any atom is -0.487 e. The van der Waals surface area contributed by atoms with Crippen LogP contribution in [0.5, 0.6) is 5.75 Å². The highest BCUT2D eigenvalue weighted by Crippen LogP contribution is 2.28. The van der Waals surface area contributed by atoms with Gasteiger partial charge in [0.1, 0.15) is 18.2 Å². The Morgan fingerprint density at radius 2 is 2.09 bits per heavy atom. The molecule has 2 aromatic carbocycles. The van der Waals surface area contributed by atoms with Crippen molar-refractivity contribution in [3.63, 3.8) is 0 Å². The van der Waals surface area contributed by atoms with E-state index in [2.05, 4.69) is 10.6 Å². The Morgan fingerprint density at radius 1 is 1.26 bits per heavy atom. The third kappa shape index (κ3) is 4.60. The fourth-order valence-corrected chi connectivity index (χ4v) is 2.30. The molecule has 0 atom stereocenters. The number of carbonyl (C=O) groups excluding carboxylic acids is 1. The number of urea groups is 1. The van der Waals surface area contributed by atoms with E-state index in [4.69, 9.17) is 16.3 Å². The van der Waals surface area contributed by atoms with Crippen LogP contribution in [0.3, 0.4) is 0 Å². The molecule has 1 aliphatic rings. The van der Waals surface area contributed by atoms with Crippen molar-refractivity contribution in [2.75, 3.05) is 5.32 Å². The van der Waals surface area contributed by atoms with Crippen molar-refractivity contribution in [3.05, 3.63) is 58.9 Å². The number of anilines is 1. The molecule has 0 bridgehead atoms. The molecule has 1 saturated carbocycles. The molecule has 2 N–H and O–H groups in total. The number of nitrogens with one attached hydrogen (secondary N) is 2. The van der Waals surface area contributed by atoms with Gasteiger partial charge >= 0.3 is 6.03 Å². The van der Waals surface area contributed by atoms with E-state index in [0.29, 0.717) is 28.1 Å². The number of benzene rings is 2. The van der Waals surface area contributed by atoms with Gasteiger partial charge in [0.25, 0.3) is 0 Å². The molecule has 0 saturated heterocycles. The predicted molar refractivity (Wildman–Crippen MR) is 87.4 cm³/mol. The number of ether oxygens (including phenoxy) is 1. The second-order valence-electron chi connectivity index (χ2n) is 5.44. The molecule has 0 spiro atoms. The smallest absolute Gasteiger partial charge is 0.319 e. The third-order valence-corrected chi connectivity index (χ3v) is 3.68. The van der Waals surface area contributed by atoms with E-state index in [9.17, 15) is 9.18 Å². The zero-order chi connectivity index (χ0) is 16.2. The van der Waals surface area contributed by atoms with Crippen LogP contribution < -0.4 is 15.4 Å². The van der Waals surface area contributed by atoms with Crippen LogP contribution >= 0.6 is 11.6 Å². The molecule has 4 nitrogen and oxygen atoms in total. The molecular formula is C17H16ClFN2O2. The Labute approximate surface area is 138 Å². The van der Waals surface area contributed by atoms with E-state index in [-0.39, 0.29) is 18.5 Å². The number of hydrogen-bond acceptors (Lipinski definition) is 2. The molecule has 120 valence electrons. The summed E-state index contributed by atoms with van der Waals surface area (Å²) in [6, 6.07) is 11.2. The van der Waals surface area contributed by atoms with Crippen LogP contribution in [0.2, 0.25) is 5.02 Å². The van der Waals surface area contributed by atoms with Crippen molar-refractivity contribution in [3.8, 4) is 5.75 Å². The molecule has 0 aromatic heterocycles. The van der Waals surface area contributed by atoms with Crippen molar-refractivity contribution in [2.45, 2.75) is 25.5 Å². The summed E-state index contributed by atoms with van der Waals surface area (Å²) in [4.78, 5) is 11.7. The molecule has 2 aromatic rings. The molecule has 1 fully saturated rings. The van der Waals surface area contributed by atoms with Crippen molar-refractivity contribution in [2.24, 2.45) is 0 Å². The Balaban J connectivity index is 1.58. The van der Waals surface area contributed by atoms with Gasteiger partial charge in [-0.2, -0.15) is 0 Å². The van der Waals surface area contributed by atoms with Gasteiger partial charge in [0.05, 0.1) is 5.02 Å². The lowest BCUT2D eigenvalue weighted by molar-refractivity contribution is 0.251. The zero-order valence-corrected chi connectivity index (χ0v) is 13.1. The average Bonchev–Trinajstić information content (AvgIpc) is 3.30. The molecular weight excluding hydrogens is 319 g/mol. The predicted octanol–water partition coefficient (Wildman–Crippen LogP) is 4.34. The summed E-state index contributed by atoms with van der Waals surface area (Å²) in [5, 5.41) is 5.93. The van der Waals surface area contributed by atoms with E-state index < -0.39 is 0 Å². The van der Waals surface area contributed by atoms with Gasteiger partial charge < -0.3 is 15.4 Å². The van der Waals surface area contributed by atoms with Gasteiger partial charge in [-0.1, -0.05) is 23.7 Å². The Morgan fingerprint density at radius 3 is 2.78 bits per heavy atom. The maximum Gasteiger partial charge on any atom is 0.319 e. The highest BCUT2D eigenvalue weighted by atomic mass is 35.5. The summed E-state index contributed by atoms with van der Waals surface area (Å²) in [6.45, 7) is 0.215. The minimum atomic E-state index is -0.307. The molecule has 1 aliphatic carbocycles. The van der Waals surface area contributed by atoms with Crippen LogP contribution in [-0.4, -0.2) is 12.1 Å². The molecule has 0 heterocycles. The molecule has 6 heteroatoms. The van der Waals surface area contributed by atoms with Crippen molar-refractivity contribution in [1.29, 1.82) is 0 Å². The maximum absolute atomic E-state index is 13.1. The molecule has 0 aliphatic heterocycles. The summed E-state index contributed by atoms with van der Waals surface area (Å²) in [5.74, 6) is 0.169. The largest absolute Gasteiger partial charge is 0.487 e. The highest BCUT2D eigenvalue weighted by Gasteiger charge is 2.23. The first-order valence-electron chi connectivity index (χ1n) is 7.34. The van der Waals surface area contributed by atoms with E-state index in [1.165, 1.54) is 12.1 Å². The first-order chi connectivity index (χ1) is 11.1. The molecule has 2 amide bonds. The molecule has 23 heavy (non-hydrogen) atoms. The number of rotatable bonds is 5. The van der Waals surface area contributed by atoms with Crippen molar-refractivity contribution >= 4 is 23.3 Å². The molecule has 0 unspecified atom stereocenters. The number of halogens is 2. The summed E-state index contributed by atoms with van der Waals surface area (Å²) in [7, 11) is 0. The van der Waals surface area contributed by atoms with Gasteiger partial charge in [-0.15, -0.1) is 0 Å². The maximum atomic E-state index is 13.1. The van der Waals surface area contributed by atoms with Gasteiger partial charge in [0, 0.05) is 11.7 Å². The van der Waals surface area contributed by atoms with Crippen LogP contribution in [-0.2, 0) is 6.61 Å². The van der Waals surface area contributed by atoms with E-state index in [0.717, 1.165) is 12.8 Å². The monoisotopic (exact) mass is 334 g/mol. The topological polar surface area (TPSA) is 50.4 Å². The summed E-state index contributed by atoms with van der Waals surface area (Å²) >= 11 is 6.16. The van der Waals surface area contributed by atoms with Crippen molar-refractivity contribution in [1.82, 2.24) is 5.32 Å². The van der Waals surface area contributed by atoms with Crippen LogP contribution in [0.15, 0.2) is 42.5 Å². The van der Waals surface area contributed by atoms with Gasteiger partial charge in [0.2, 0.25) is 0 Å². The fourth-order valence-electron chi connectivity index (χ4n) is 2.06. The highest BCUT2D eigenvalue weighted by molar-refractivity contribution is 6.32. The number of carbonyl (C=O) groups is 1. The Bertz CT molecular complexity index is 719. The number of amides is 2. The third-order valence-electron chi connectivity index (χ3n) is 3.39. The quantitative estimate of drug-likeness (QED) is 0.854. The molecule has 3 rings (SSSR count). The number of hydrogen-bond donors (Lipinski definition) is 2. The van der Waals surface area contributed by atoms with Crippen LogP contribution in [0.25, 0.3) is 0 Å². The van der Waals surface area contributed by atoms with E-state index >= 15 is 0 Å². The summed E-state index contributed by atoms with van der Waals surface area (Å²) in [5.41, 5.74) is 1.30. The zero-order valence-electron chi connectivity index (χ0n) is 12.3. The van der Waals surface area contributed by atoms with Gasteiger partial charge in [-0.3, -0.25) is 0 Å². The summed E-state index contributed by atoms with van der Waals surface area (Å²) in [6.07, 6.45) is 2.06. The van der Waals surface area contributed by atoms with E-state index in [1.54, 1.807) is 30.3 Å². The summed E-state index contributed by atoms with van der Waals surface area (Å²) < 4.78 is 18.7. The first kappa shape index (κ1) is 15.6. The lowest BCUT2D eigenvalue weighted by atomic mass is 10.2. The van der Waals surface area contributed by atoms with Crippen LogP contribution in [0.4, 0.5) is 14.9 Å². The SMILES string of the molecule is O=C(Nc1ccc(OCc2cccc(F)c2)c(Cl)c1)NC1CC1. The Hall–Kier alpha value is -2.27. The Kier molecular flexibility index (Phi) is 4.67. The van der Waals surface area contributed by atoms with Gasteiger partial charge in [-0.05, 0) is 48.7 Å². The second-order valence-corrected chi connectivity index (χ2v) is 5.84. The lowest BCUT2D eigenvalue weighted by Crippen LogP contribution is -2.30. The van der Waals surface area contributed by atoms with Crippen LogP contribution in [0, 0.1) is 5.82 Å². The van der Waals surface area contributed by atoms with Crippen LogP contribution in [0.1, 0.15) is 18.4 Å². The van der Waals surface area contributed by atoms with Gasteiger partial charge in [-0.25, -0.2) is 9.18 Å². The van der Waals surface area contributed by atoms with Gasteiger partial charge in [0.15, 0.2) is 0 Å². The molecule has 0 radical (unpaired) electrons. The first-order valence-corrected chi connectivity index (χ1v) is 7.72. The second kappa shape index (κ2) is 6.87. The minimum absolute atomic E-state index is 0.215. The normalized spacial score (nSPS) is 13.5. The average molecular weight is 335 g/mol. The standard InChI is InChI=1S/C17H16ClFN2O2/c18-15-9-14(21-17(22)20-13-4-5-13)6-7-16(15)23-10-11-2-1-3-12(19)8-11/h1-3,6-9,13H,4-5,10H2,(H2,20,21,22).